The van der Waals surface area contributed by atoms with Gasteiger partial charge in [-0.25, -0.2) is 5.43 Å². The van der Waals surface area contributed by atoms with Gasteiger partial charge in [-0.1, -0.05) is 53.0 Å². The Balaban J connectivity index is 1.92. The zero-order chi connectivity index (χ0) is 16.7. The third-order valence-corrected chi connectivity index (χ3v) is 3.40. The molecule has 3 N–H and O–H groups in total. The van der Waals surface area contributed by atoms with Crippen LogP contribution in [0.1, 0.15) is 11.1 Å². The Labute approximate surface area is 148 Å². The highest BCUT2D eigenvalue weighted by atomic mass is 35.5. The van der Waals surface area contributed by atoms with E-state index in [9.17, 15) is 0 Å². The van der Waals surface area contributed by atoms with E-state index in [1.807, 2.05) is 12.1 Å². The van der Waals surface area contributed by atoms with Gasteiger partial charge in [0.25, 0.3) is 0 Å². The standard InChI is InChI=1S/C15H12Cl3N5/c16-12-4-1-10(2-5-12)8-20-22-15(19)23-21-9-11-3-6-13(17)7-14(11)18/h1-9H,(H3,19,22,23)/b20-8+,21-9+. The average molecular weight is 369 g/mol. The van der Waals surface area contributed by atoms with Crippen LogP contribution in [0.2, 0.25) is 15.1 Å². The van der Waals surface area contributed by atoms with Gasteiger partial charge >= 0.3 is 0 Å². The van der Waals surface area contributed by atoms with Gasteiger partial charge in [0, 0.05) is 15.6 Å². The van der Waals surface area contributed by atoms with Crippen LogP contribution in [0.25, 0.3) is 0 Å². The van der Waals surface area contributed by atoms with Crippen molar-refractivity contribution in [1.82, 2.24) is 5.43 Å². The van der Waals surface area contributed by atoms with E-state index in [2.05, 4.69) is 20.7 Å². The maximum Gasteiger partial charge on any atom is 0.234 e. The van der Waals surface area contributed by atoms with E-state index in [4.69, 9.17) is 40.5 Å². The van der Waals surface area contributed by atoms with Crippen molar-refractivity contribution in [2.75, 3.05) is 0 Å². The van der Waals surface area contributed by atoms with E-state index in [1.54, 1.807) is 36.5 Å². The lowest BCUT2D eigenvalue weighted by Gasteiger charge is -1.98. The Morgan fingerprint density at radius 2 is 1.65 bits per heavy atom. The summed E-state index contributed by atoms with van der Waals surface area (Å²) in [6, 6.07) is 12.2. The minimum atomic E-state index is 0.0385. The Morgan fingerprint density at radius 3 is 2.35 bits per heavy atom. The second-order valence-corrected chi connectivity index (χ2v) is 5.60. The number of guanidine groups is 1. The summed E-state index contributed by atoms with van der Waals surface area (Å²) in [6.07, 6.45) is 3.05. The molecule has 0 aliphatic heterocycles. The van der Waals surface area contributed by atoms with Crippen LogP contribution in [0.3, 0.4) is 0 Å². The molecule has 0 saturated heterocycles. The summed E-state index contributed by atoms with van der Waals surface area (Å²) in [5, 5.41) is 13.2. The smallest absolute Gasteiger partial charge is 0.234 e. The topological polar surface area (TPSA) is 75.1 Å². The molecule has 0 amide bonds. The number of benzene rings is 2. The van der Waals surface area contributed by atoms with Gasteiger partial charge in [0.15, 0.2) is 0 Å². The van der Waals surface area contributed by atoms with Crippen LogP contribution < -0.4 is 11.2 Å². The van der Waals surface area contributed by atoms with Gasteiger partial charge in [-0.05, 0) is 29.8 Å². The molecule has 118 valence electrons. The molecule has 2 aromatic rings. The third kappa shape index (κ3) is 5.90. The van der Waals surface area contributed by atoms with Crippen molar-refractivity contribution in [2.45, 2.75) is 0 Å². The minimum Gasteiger partial charge on any atom is -0.367 e. The quantitative estimate of drug-likeness (QED) is 0.487. The summed E-state index contributed by atoms with van der Waals surface area (Å²) >= 11 is 17.6. The van der Waals surface area contributed by atoms with Crippen LogP contribution in [-0.4, -0.2) is 18.4 Å². The Bertz CT molecular complexity index is 754. The van der Waals surface area contributed by atoms with Gasteiger partial charge in [0.05, 0.1) is 17.5 Å². The molecule has 2 aromatic carbocycles. The number of hydrogen-bond donors (Lipinski definition) is 2. The van der Waals surface area contributed by atoms with Crippen molar-refractivity contribution in [3.8, 4) is 0 Å². The monoisotopic (exact) mass is 367 g/mol. The van der Waals surface area contributed by atoms with Crippen molar-refractivity contribution in [3.63, 3.8) is 0 Å². The van der Waals surface area contributed by atoms with Crippen LogP contribution >= 0.6 is 34.8 Å². The summed E-state index contributed by atoms with van der Waals surface area (Å²) < 4.78 is 0. The first-order valence-corrected chi connectivity index (χ1v) is 7.54. The van der Waals surface area contributed by atoms with Gasteiger partial charge < -0.3 is 5.73 Å². The number of hydrogen-bond acceptors (Lipinski definition) is 3. The molecule has 2 rings (SSSR count). The van der Waals surface area contributed by atoms with Crippen LogP contribution in [0.4, 0.5) is 0 Å². The van der Waals surface area contributed by atoms with Crippen molar-refractivity contribution in [2.24, 2.45) is 21.0 Å². The molecule has 0 fully saturated rings. The summed E-state index contributed by atoms with van der Waals surface area (Å²) in [6.45, 7) is 0. The molecule has 0 spiro atoms. The van der Waals surface area contributed by atoms with E-state index < -0.39 is 0 Å². The molecule has 0 atom stereocenters. The molecule has 0 bridgehead atoms. The van der Waals surface area contributed by atoms with E-state index in [1.165, 1.54) is 6.21 Å². The molecular formula is C15H12Cl3N5. The lowest BCUT2D eigenvalue weighted by atomic mass is 10.2. The summed E-state index contributed by atoms with van der Waals surface area (Å²) in [5.74, 6) is 0.0385. The number of halogens is 3. The maximum atomic E-state index is 6.00. The average Bonchev–Trinajstić information content (AvgIpc) is 2.51. The van der Waals surface area contributed by atoms with Crippen molar-refractivity contribution < 1.29 is 0 Å². The highest BCUT2D eigenvalue weighted by molar-refractivity contribution is 6.36. The summed E-state index contributed by atoms with van der Waals surface area (Å²) in [5.41, 5.74) is 9.72. The van der Waals surface area contributed by atoms with E-state index in [0.717, 1.165) is 5.56 Å². The summed E-state index contributed by atoms with van der Waals surface area (Å²) in [7, 11) is 0. The van der Waals surface area contributed by atoms with Gasteiger partial charge in [0.2, 0.25) is 5.96 Å². The van der Waals surface area contributed by atoms with E-state index in [0.29, 0.717) is 20.6 Å². The van der Waals surface area contributed by atoms with Gasteiger partial charge in [-0.15, -0.1) is 5.10 Å². The highest BCUT2D eigenvalue weighted by Crippen LogP contribution is 2.19. The lowest BCUT2D eigenvalue weighted by molar-refractivity contribution is 0.994. The second-order valence-electron chi connectivity index (χ2n) is 4.32. The number of nitrogens with one attached hydrogen (secondary N) is 1. The van der Waals surface area contributed by atoms with Gasteiger partial charge in [-0.3, -0.25) is 0 Å². The zero-order valence-corrected chi connectivity index (χ0v) is 14.0. The van der Waals surface area contributed by atoms with Crippen LogP contribution in [0.5, 0.6) is 0 Å². The SMILES string of the molecule is NC(=N/N=C/c1ccc(Cl)cc1Cl)N/N=C/c1ccc(Cl)cc1. The molecule has 0 aliphatic carbocycles. The predicted octanol–water partition coefficient (Wildman–Crippen LogP) is 3.92. The maximum absolute atomic E-state index is 6.00. The molecule has 0 heterocycles. The summed E-state index contributed by atoms with van der Waals surface area (Å²) in [4.78, 5) is 0. The molecule has 0 unspecified atom stereocenters. The molecule has 8 heteroatoms. The molecule has 0 radical (unpaired) electrons. The number of nitrogens with two attached hydrogens (primary N) is 1. The third-order valence-electron chi connectivity index (χ3n) is 2.59. The molecule has 0 saturated carbocycles. The van der Waals surface area contributed by atoms with E-state index >= 15 is 0 Å². The Kier molecular flexibility index (Phi) is 6.40. The first-order chi connectivity index (χ1) is 11.0. The fraction of sp³-hybridized carbons (Fsp3) is 0. The first kappa shape index (κ1) is 17.3. The zero-order valence-electron chi connectivity index (χ0n) is 11.7. The first-order valence-electron chi connectivity index (χ1n) is 6.41. The lowest BCUT2D eigenvalue weighted by Crippen LogP contribution is -2.26. The normalized spacial score (nSPS) is 12.2. The fourth-order valence-electron chi connectivity index (χ4n) is 1.50. The van der Waals surface area contributed by atoms with Gasteiger partial charge in [-0.2, -0.15) is 10.2 Å². The van der Waals surface area contributed by atoms with Crippen molar-refractivity contribution >= 4 is 53.2 Å². The molecular weight excluding hydrogens is 357 g/mol. The Hall–Kier alpha value is -2.08. The Morgan fingerprint density at radius 1 is 0.957 bits per heavy atom. The van der Waals surface area contributed by atoms with Crippen LogP contribution in [0, 0.1) is 0 Å². The molecule has 0 aromatic heterocycles. The minimum absolute atomic E-state index is 0.0385. The largest absolute Gasteiger partial charge is 0.367 e. The van der Waals surface area contributed by atoms with Crippen molar-refractivity contribution in [1.29, 1.82) is 0 Å². The second kappa shape index (κ2) is 8.53. The molecule has 0 aliphatic rings. The van der Waals surface area contributed by atoms with Crippen LogP contribution in [0.15, 0.2) is 57.8 Å². The molecule has 5 nitrogen and oxygen atoms in total. The van der Waals surface area contributed by atoms with Crippen LogP contribution in [-0.2, 0) is 0 Å². The number of nitrogens with zero attached hydrogens (tertiary/aromatic N) is 3. The van der Waals surface area contributed by atoms with Crippen molar-refractivity contribution in [3.05, 3.63) is 68.7 Å². The molecule has 23 heavy (non-hydrogen) atoms. The fourth-order valence-corrected chi connectivity index (χ4v) is 2.09. The highest BCUT2D eigenvalue weighted by Gasteiger charge is 1.97. The number of rotatable bonds is 4. The van der Waals surface area contributed by atoms with Gasteiger partial charge in [0.1, 0.15) is 0 Å². The predicted molar refractivity (Wildman–Crippen MR) is 97.9 cm³/mol. The van der Waals surface area contributed by atoms with E-state index in [-0.39, 0.29) is 5.96 Å². The number of hydrazone groups is 1.